The van der Waals surface area contributed by atoms with Crippen LogP contribution in [0.15, 0.2) is 24.3 Å². The SMILES string of the molecule is CNc1nc([C@@H]2CCCN2)nc2c1CCN(C(=O)C(C)(C)c1ccc(OC)cc1)C2. The maximum Gasteiger partial charge on any atom is 0.233 e. The van der Waals surface area contributed by atoms with Crippen molar-refractivity contribution in [2.45, 2.75) is 51.1 Å². The number of anilines is 1. The Morgan fingerprint density at radius 2 is 2.03 bits per heavy atom. The number of nitrogens with zero attached hydrogens (tertiary/aromatic N) is 3. The number of carbonyl (C=O) groups excluding carboxylic acids is 1. The number of carbonyl (C=O) groups is 1. The first kappa shape index (κ1) is 20.6. The number of hydrogen-bond acceptors (Lipinski definition) is 6. The maximum atomic E-state index is 13.5. The minimum absolute atomic E-state index is 0.114. The first-order chi connectivity index (χ1) is 14.4. The quantitative estimate of drug-likeness (QED) is 0.791. The number of hydrogen-bond donors (Lipinski definition) is 2. The summed E-state index contributed by atoms with van der Waals surface area (Å²) >= 11 is 0. The molecule has 1 aromatic heterocycles. The Morgan fingerprint density at radius 1 is 1.27 bits per heavy atom. The molecule has 160 valence electrons. The average Bonchev–Trinajstić information content (AvgIpc) is 3.32. The van der Waals surface area contributed by atoms with E-state index in [-0.39, 0.29) is 11.9 Å². The largest absolute Gasteiger partial charge is 0.497 e. The molecule has 1 atom stereocenters. The zero-order valence-corrected chi connectivity index (χ0v) is 18.3. The molecule has 1 amide bonds. The lowest BCUT2D eigenvalue weighted by Crippen LogP contribution is -2.46. The summed E-state index contributed by atoms with van der Waals surface area (Å²) in [5.41, 5.74) is 2.45. The summed E-state index contributed by atoms with van der Waals surface area (Å²) in [5.74, 6) is 2.63. The fourth-order valence-corrected chi connectivity index (χ4v) is 4.42. The summed E-state index contributed by atoms with van der Waals surface area (Å²) in [6.45, 7) is 6.16. The number of ether oxygens (including phenoxy) is 1. The number of methoxy groups -OCH3 is 1. The Hall–Kier alpha value is -2.67. The van der Waals surface area contributed by atoms with Crippen LogP contribution >= 0.6 is 0 Å². The first-order valence-electron chi connectivity index (χ1n) is 10.7. The Kier molecular flexibility index (Phi) is 5.64. The van der Waals surface area contributed by atoms with E-state index in [4.69, 9.17) is 14.7 Å². The molecule has 1 fully saturated rings. The molecule has 0 spiro atoms. The zero-order valence-electron chi connectivity index (χ0n) is 18.3. The van der Waals surface area contributed by atoms with Gasteiger partial charge < -0.3 is 20.3 Å². The van der Waals surface area contributed by atoms with Gasteiger partial charge in [0.2, 0.25) is 5.91 Å². The number of rotatable bonds is 5. The highest BCUT2D eigenvalue weighted by molar-refractivity contribution is 5.87. The van der Waals surface area contributed by atoms with Crippen LogP contribution in [0.3, 0.4) is 0 Å². The molecule has 4 rings (SSSR count). The second-order valence-corrected chi connectivity index (χ2v) is 8.58. The third-order valence-electron chi connectivity index (χ3n) is 6.32. The number of fused-ring (bicyclic) bond motifs is 1. The molecule has 0 bridgehead atoms. The summed E-state index contributed by atoms with van der Waals surface area (Å²) < 4.78 is 5.25. The molecule has 2 aliphatic rings. The van der Waals surface area contributed by atoms with Crippen LogP contribution in [0.1, 0.15) is 55.4 Å². The van der Waals surface area contributed by atoms with Gasteiger partial charge in [-0.3, -0.25) is 4.79 Å². The van der Waals surface area contributed by atoms with Crippen LogP contribution in [-0.4, -0.2) is 48.0 Å². The van der Waals surface area contributed by atoms with Crippen molar-refractivity contribution in [1.29, 1.82) is 0 Å². The number of aromatic nitrogens is 2. The Morgan fingerprint density at radius 3 is 2.67 bits per heavy atom. The van der Waals surface area contributed by atoms with Crippen LogP contribution in [0, 0.1) is 0 Å². The van der Waals surface area contributed by atoms with E-state index in [2.05, 4.69) is 10.6 Å². The van der Waals surface area contributed by atoms with Crippen molar-refractivity contribution in [3.63, 3.8) is 0 Å². The van der Waals surface area contributed by atoms with Gasteiger partial charge in [-0.15, -0.1) is 0 Å². The van der Waals surface area contributed by atoms with Gasteiger partial charge >= 0.3 is 0 Å². The molecule has 7 heteroatoms. The molecule has 0 unspecified atom stereocenters. The molecule has 2 aliphatic heterocycles. The lowest BCUT2D eigenvalue weighted by Gasteiger charge is -2.35. The normalized spacial score (nSPS) is 18.8. The lowest BCUT2D eigenvalue weighted by molar-refractivity contribution is -0.137. The van der Waals surface area contributed by atoms with E-state index < -0.39 is 5.41 Å². The third-order valence-corrected chi connectivity index (χ3v) is 6.32. The predicted octanol–water partition coefficient (Wildman–Crippen LogP) is 2.81. The van der Waals surface area contributed by atoms with Gasteiger partial charge in [-0.1, -0.05) is 12.1 Å². The molecular formula is C23H31N5O2. The Bertz CT molecular complexity index is 920. The van der Waals surface area contributed by atoms with Crippen molar-refractivity contribution in [2.24, 2.45) is 0 Å². The average molecular weight is 410 g/mol. The summed E-state index contributed by atoms with van der Waals surface area (Å²) in [7, 11) is 3.55. The second kappa shape index (κ2) is 8.22. The fourth-order valence-electron chi connectivity index (χ4n) is 4.42. The molecule has 7 nitrogen and oxygen atoms in total. The summed E-state index contributed by atoms with van der Waals surface area (Å²) in [5, 5.41) is 6.71. The van der Waals surface area contributed by atoms with Crippen LogP contribution in [0.2, 0.25) is 0 Å². The van der Waals surface area contributed by atoms with E-state index in [1.165, 1.54) is 0 Å². The van der Waals surface area contributed by atoms with Crippen LogP contribution < -0.4 is 15.4 Å². The van der Waals surface area contributed by atoms with Gasteiger partial charge in [-0.25, -0.2) is 9.97 Å². The summed E-state index contributed by atoms with van der Waals surface area (Å²) in [6.07, 6.45) is 2.95. The van der Waals surface area contributed by atoms with Crippen molar-refractivity contribution < 1.29 is 9.53 Å². The molecule has 0 saturated carbocycles. The van der Waals surface area contributed by atoms with E-state index in [0.717, 1.165) is 60.0 Å². The van der Waals surface area contributed by atoms with Gasteiger partial charge in [0.05, 0.1) is 30.8 Å². The molecular weight excluding hydrogens is 378 g/mol. The third kappa shape index (κ3) is 3.74. The predicted molar refractivity (Wildman–Crippen MR) is 117 cm³/mol. The van der Waals surface area contributed by atoms with Crippen molar-refractivity contribution in [3.05, 3.63) is 46.9 Å². The highest BCUT2D eigenvalue weighted by Gasteiger charge is 2.36. The van der Waals surface area contributed by atoms with Gasteiger partial charge in [0.25, 0.3) is 0 Å². The maximum absolute atomic E-state index is 13.5. The van der Waals surface area contributed by atoms with Crippen molar-refractivity contribution in [1.82, 2.24) is 20.2 Å². The van der Waals surface area contributed by atoms with E-state index in [1.54, 1.807) is 7.11 Å². The topological polar surface area (TPSA) is 79.4 Å². The van der Waals surface area contributed by atoms with Crippen LogP contribution in [0.25, 0.3) is 0 Å². The summed E-state index contributed by atoms with van der Waals surface area (Å²) in [4.78, 5) is 25.1. The number of nitrogens with one attached hydrogen (secondary N) is 2. The van der Waals surface area contributed by atoms with Crippen molar-refractivity contribution in [3.8, 4) is 5.75 Å². The van der Waals surface area contributed by atoms with Crippen LogP contribution in [-0.2, 0) is 23.2 Å². The fraction of sp³-hybridized carbons (Fsp3) is 0.522. The van der Waals surface area contributed by atoms with E-state index in [9.17, 15) is 4.79 Å². The van der Waals surface area contributed by atoms with Crippen molar-refractivity contribution in [2.75, 3.05) is 32.6 Å². The molecule has 3 heterocycles. The van der Waals surface area contributed by atoms with Crippen molar-refractivity contribution >= 4 is 11.7 Å². The van der Waals surface area contributed by atoms with Crippen LogP contribution in [0.4, 0.5) is 5.82 Å². The molecule has 1 aromatic carbocycles. The monoisotopic (exact) mass is 409 g/mol. The van der Waals surface area contributed by atoms with Gasteiger partial charge in [0, 0.05) is 19.2 Å². The Balaban J connectivity index is 1.59. The zero-order chi connectivity index (χ0) is 21.3. The second-order valence-electron chi connectivity index (χ2n) is 8.58. The number of amides is 1. The molecule has 2 aromatic rings. The minimum Gasteiger partial charge on any atom is -0.497 e. The smallest absolute Gasteiger partial charge is 0.233 e. The highest BCUT2D eigenvalue weighted by atomic mass is 16.5. The molecule has 1 saturated heterocycles. The molecule has 30 heavy (non-hydrogen) atoms. The van der Waals surface area contributed by atoms with Gasteiger partial charge in [-0.2, -0.15) is 0 Å². The first-order valence-corrected chi connectivity index (χ1v) is 10.7. The van der Waals surface area contributed by atoms with E-state index in [0.29, 0.717) is 13.1 Å². The lowest BCUT2D eigenvalue weighted by atomic mass is 9.82. The van der Waals surface area contributed by atoms with Gasteiger partial charge in [0.1, 0.15) is 17.4 Å². The van der Waals surface area contributed by atoms with Gasteiger partial charge in [0.15, 0.2) is 0 Å². The summed E-state index contributed by atoms with van der Waals surface area (Å²) in [6, 6.07) is 7.95. The molecule has 0 aliphatic carbocycles. The Labute approximate surface area is 178 Å². The standard InChI is InChI=1S/C23H31N5O2/c1-23(2,15-7-9-16(30-4)10-8-15)22(29)28-13-11-17-19(14-28)26-21(27-20(17)24-3)18-6-5-12-25-18/h7-10,18,25H,5-6,11-14H2,1-4H3,(H,24,26,27)/t18-/m0/s1. The van der Waals surface area contributed by atoms with Crippen LogP contribution in [0.5, 0.6) is 5.75 Å². The van der Waals surface area contributed by atoms with E-state index in [1.807, 2.05) is 50.1 Å². The molecule has 2 N–H and O–H groups in total. The number of benzene rings is 1. The van der Waals surface area contributed by atoms with Gasteiger partial charge in [-0.05, 0) is 57.4 Å². The minimum atomic E-state index is -0.627. The van der Waals surface area contributed by atoms with E-state index >= 15 is 0 Å². The molecule has 0 radical (unpaired) electrons. The highest BCUT2D eigenvalue weighted by Crippen LogP contribution is 2.32.